The first kappa shape index (κ1) is 13.3. The van der Waals surface area contributed by atoms with Crippen molar-refractivity contribution in [2.24, 2.45) is 0 Å². The number of aromatic nitrogens is 1. The van der Waals surface area contributed by atoms with E-state index in [1.54, 1.807) is 19.2 Å². The Bertz CT molecular complexity index is 602. The molecule has 1 aromatic heterocycles. The molecule has 0 unspecified atom stereocenters. The van der Waals surface area contributed by atoms with Gasteiger partial charge in [0.2, 0.25) is 0 Å². The van der Waals surface area contributed by atoms with Crippen molar-refractivity contribution in [2.75, 3.05) is 12.4 Å². The number of halogens is 1. The van der Waals surface area contributed by atoms with Gasteiger partial charge in [0.05, 0.1) is 16.5 Å². The molecule has 7 heteroatoms. The smallest absolute Gasteiger partial charge is 0.287 e. The molecular formula is C12H10BrN3O3. The lowest BCUT2D eigenvalue weighted by Gasteiger charge is -2.08. The first-order valence-electron chi connectivity index (χ1n) is 5.31. The quantitative estimate of drug-likeness (QED) is 0.688. The van der Waals surface area contributed by atoms with Gasteiger partial charge in [0.25, 0.3) is 5.69 Å². The van der Waals surface area contributed by atoms with Gasteiger partial charge in [-0.25, -0.2) is 4.98 Å². The zero-order chi connectivity index (χ0) is 13.8. The summed E-state index contributed by atoms with van der Waals surface area (Å²) in [6.07, 6.45) is 1.21. The van der Waals surface area contributed by atoms with Gasteiger partial charge in [0.1, 0.15) is 17.8 Å². The second kappa shape index (κ2) is 5.66. The highest BCUT2D eigenvalue weighted by Gasteiger charge is 2.06. The number of anilines is 2. The number of nitro groups is 1. The molecule has 0 radical (unpaired) electrons. The fourth-order valence-corrected chi connectivity index (χ4v) is 1.86. The highest BCUT2D eigenvalue weighted by molar-refractivity contribution is 9.10. The molecule has 0 amide bonds. The third-order valence-corrected chi connectivity index (χ3v) is 3.04. The number of nitrogens with one attached hydrogen (secondary N) is 1. The van der Waals surface area contributed by atoms with Crippen molar-refractivity contribution in [1.82, 2.24) is 4.98 Å². The van der Waals surface area contributed by atoms with Gasteiger partial charge >= 0.3 is 0 Å². The van der Waals surface area contributed by atoms with Gasteiger partial charge in [0, 0.05) is 17.8 Å². The third kappa shape index (κ3) is 3.19. The van der Waals surface area contributed by atoms with Crippen LogP contribution >= 0.6 is 15.9 Å². The zero-order valence-corrected chi connectivity index (χ0v) is 11.5. The lowest BCUT2D eigenvalue weighted by Crippen LogP contribution is -1.95. The van der Waals surface area contributed by atoms with E-state index in [1.807, 2.05) is 12.1 Å². The maximum absolute atomic E-state index is 10.5. The summed E-state index contributed by atoms with van der Waals surface area (Å²) in [6, 6.07) is 8.42. The van der Waals surface area contributed by atoms with E-state index in [-0.39, 0.29) is 5.69 Å². The minimum absolute atomic E-state index is 0.0427. The van der Waals surface area contributed by atoms with E-state index in [9.17, 15) is 10.1 Å². The molecule has 19 heavy (non-hydrogen) atoms. The zero-order valence-electron chi connectivity index (χ0n) is 9.96. The molecule has 1 aromatic carbocycles. The highest BCUT2D eigenvalue weighted by atomic mass is 79.9. The normalized spacial score (nSPS) is 10.0. The molecule has 0 aliphatic rings. The maximum Gasteiger partial charge on any atom is 0.287 e. The van der Waals surface area contributed by atoms with Gasteiger partial charge in [-0.3, -0.25) is 10.1 Å². The Morgan fingerprint density at radius 1 is 1.37 bits per heavy atom. The van der Waals surface area contributed by atoms with E-state index in [4.69, 9.17) is 4.74 Å². The van der Waals surface area contributed by atoms with Crippen molar-refractivity contribution in [3.63, 3.8) is 0 Å². The van der Waals surface area contributed by atoms with Crippen LogP contribution < -0.4 is 10.1 Å². The van der Waals surface area contributed by atoms with E-state index in [1.165, 1.54) is 12.3 Å². The SMILES string of the molecule is COc1cc(Nc2ccc([N+](=O)[O-])cn2)ccc1Br. The predicted molar refractivity (Wildman–Crippen MR) is 74.9 cm³/mol. The Kier molecular flexibility index (Phi) is 3.96. The summed E-state index contributed by atoms with van der Waals surface area (Å²) in [5.41, 5.74) is 0.736. The van der Waals surface area contributed by atoms with Crippen LogP contribution in [0.2, 0.25) is 0 Å². The molecular weight excluding hydrogens is 314 g/mol. The topological polar surface area (TPSA) is 77.3 Å². The Labute approximate surface area is 117 Å². The van der Waals surface area contributed by atoms with E-state index < -0.39 is 4.92 Å². The molecule has 1 heterocycles. The highest BCUT2D eigenvalue weighted by Crippen LogP contribution is 2.29. The number of rotatable bonds is 4. The van der Waals surface area contributed by atoms with Gasteiger partial charge in [-0.1, -0.05) is 0 Å². The third-order valence-electron chi connectivity index (χ3n) is 2.38. The molecule has 0 aliphatic heterocycles. The molecule has 1 N–H and O–H groups in total. The van der Waals surface area contributed by atoms with Crippen molar-refractivity contribution >= 4 is 33.1 Å². The van der Waals surface area contributed by atoms with Crippen LogP contribution in [0.25, 0.3) is 0 Å². The van der Waals surface area contributed by atoms with Crippen LogP contribution in [0, 0.1) is 10.1 Å². The fraction of sp³-hybridized carbons (Fsp3) is 0.0833. The molecule has 98 valence electrons. The second-order valence-electron chi connectivity index (χ2n) is 3.63. The minimum atomic E-state index is -0.487. The number of hydrogen-bond acceptors (Lipinski definition) is 5. The van der Waals surface area contributed by atoms with Crippen molar-refractivity contribution in [2.45, 2.75) is 0 Å². The fourth-order valence-electron chi connectivity index (χ4n) is 1.45. The van der Waals surface area contributed by atoms with Crippen molar-refractivity contribution in [1.29, 1.82) is 0 Å². The number of methoxy groups -OCH3 is 1. The Morgan fingerprint density at radius 3 is 2.74 bits per heavy atom. The van der Waals surface area contributed by atoms with E-state index in [0.29, 0.717) is 11.6 Å². The summed E-state index contributed by atoms with van der Waals surface area (Å²) in [5, 5.41) is 13.6. The van der Waals surface area contributed by atoms with Gasteiger partial charge in [-0.05, 0) is 34.1 Å². The second-order valence-corrected chi connectivity index (χ2v) is 4.49. The van der Waals surface area contributed by atoms with E-state index in [2.05, 4.69) is 26.2 Å². The van der Waals surface area contributed by atoms with Crippen LogP contribution in [0.15, 0.2) is 41.0 Å². The van der Waals surface area contributed by atoms with Crippen molar-refractivity contribution < 1.29 is 9.66 Å². The van der Waals surface area contributed by atoms with Crippen LogP contribution in [0.1, 0.15) is 0 Å². The number of nitrogens with zero attached hydrogens (tertiary/aromatic N) is 2. The van der Waals surface area contributed by atoms with Gasteiger partial charge in [-0.15, -0.1) is 0 Å². The van der Waals surface area contributed by atoms with Gasteiger partial charge in [-0.2, -0.15) is 0 Å². The first-order valence-corrected chi connectivity index (χ1v) is 6.10. The predicted octanol–water partition coefficient (Wildman–Crippen LogP) is 3.50. The molecule has 0 spiro atoms. The average Bonchev–Trinajstić information content (AvgIpc) is 2.41. The summed E-state index contributed by atoms with van der Waals surface area (Å²) in [7, 11) is 1.58. The van der Waals surface area contributed by atoms with Crippen LogP contribution in [0.3, 0.4) is 0 Å². The summed E-state index contributed by atoms with van der Waals surface area (Å²) < 4.78 is 6.02. The van der Waals surface area contributed by atoms with E-state index in [0.717, 1.165) is 10.2 Å². The minimum Gasteiger partial charge on any atom is -0.495 e. The van der Waals surface area contributed by atoms with Crippen LogP contribution in [0.4, 0.5) is 17.2 Å². The first-order chi connectivity index (χ1) is 9.10. The van der Waals surface area contributed by atoms with Crippen LogP contribution in [-0.2, 0) is 0 Å². The van der Waals surface area contributed by atoms with Crippen LogP contribution in [0.5, 0.6) is 5.75 Å². The summed E-state index contributed by atoms with van der Waals surface area (Å²) in [6.45, 7) is 0. The molecule has 0 atom stereocenters. The molecule has 6 nitrogen and oxygen atoms in total. The number of hydrogen-bond donors (Lipinski definition) is 1. The lowest BCUT2D eigenvalue weighted by atomic mass is 10.3. The summed E-state index contributed by atoms with van der Waals surface area (Å²) >= 11 is 3.36. The Balaban J connectivity index is 2.19. The van der Waals surface area contributed by atoms with Gasteiger partial charge < -0.3 is 10.1 Å². The molecule has 0 aliphatic carbocycles. The molecule has 0 saturated carbocycles. The maximum atomic E-state index is 10.5. The number of benzene rings is 1. The van der Waals surface area contributed by atoms with Crippen molar-refractivity contribution in [3.8, 4) is 5.75 Å². The Morgan fingerprint density at radius 2 is 2.16 bits per heavy atom. The monoisotopic (exact) mass is 323 g/mol. The number of ether oxygens (including phenoxy) is 1. The standard InChI is InChI=1S/C12H10BrN3O3/c1-19-11-6-8(2-4-10(11)13)15-12-5-3-9(7-14-12)16(17)18/h2-7H,1H3,(H,14,15). The van der Waals surface area contributed by atoms with E-state index >= 15 is 0 Å². The largest absolute Gasteiger partial charge is 0.495 e. The molecule has 2 rings (SSSR count). The average molecular weight is 324 g/mol. The van der Waals surface area contributed by atoms with Crippen LogP contribution in [-0.4, -0.2) is 17.0 Å². The summed E-state index contributed by atoms with van der Waals surface area (Å²) in [5.74, 6) is 1.21. The number of pyridine rings is 1. The molecule has 2 aromatic rings. The van der Waals surface area contributed by atoms with Crippen molar-refractivity contribution in [3.05, 3.63) is 51.1 Å². The molecule has 0 saturated heterocycles. The Hall–Kier alpha value is -2.15. The lowest BCUT2D eigenvalue weighted by molar-refractivity contribution is -0.385. The van der Waals surface area contributed by atoms with Gasteiger partial charge in [0.15, 0.2) is 0 Å². The molecule has 0 fully saturated rings. The molecule has 0 bridgehead atoms. The summed E-state index contributed by atoms with van der Waals surface area (Å²) in [4.78, 5) is 14.0.